The first-order valence-corrected chi connectivity index (χ1v) is 7.11. The SMILES string of the molecule is CC(=O)C(Cl)(SSc1ccccc1)C(C)=O. The van der Waals surface area contributed by atoms with E-state index in [-0.39, 0.29) is 11.6 Å². The molecule has 86 valence electrons. The average Bonchev–Trinajstić information content (AvgIpc) is 2.26. The summed E-state index contributed by atoms with van der Waals surface area (Å²) < 4.78 is -1.47. The Labute approximate surface area is 108 Å². The number of hydrogen-bond acceptors (Lipinski definition) is 4. The Kier molecular flexibility index (Phi) is 4.89. The lowest BCUT2D eigenvalue weighted by atomic mass is 10.2. The van der Waals surface area contributed by atoms with Gasteiger partial charge in [-0.1, -0.05) is 40.6 Å². The fraction of sp³-hybridized carbons (Fsp3) is 0.273. The van der Waals surface area contributed by atoms with Crippen molar-refractivity contribution in [2.24, 2.45) is 0 Å². The maximum Gasteiger partial charge on any atom is 0.215 e. The minimum atomic E-state index is -1.47. The number of rotatable bonds is 5. The second kappa shape index (κ2) is 5.75. The Morgan fingerprint density at radius 3 is 2.06 bits per heavy atom. The summed E-state index contributed by atoms with van der Waals surface area (Å²) in [6.45, 7) is 2.65. The van der Waals surface area contributed by atoms with Crippen molar-refractivity contribution in [3.63, 3.8) is 0 Å². The minimum absolute atomic E-state index is 0.338. The Morgan fingerprint density at radius 1 is 1.12 bits per heavy atom. The van der Waals surface area contributed by atoms with E-state index in [4.69, 9.17) is 11.6 Å². The maximum atomic E-state index is 11.3. The normalized spacial score (nSPS) is 11.2. The molecule has 0 saturated carbocycles. The molecule has 0 aromatic heterocycles. The van der Waals surface area contributed by atoms with E-state index in [1.165, 1.54) is 24.6 Å². The summed E-state index contributed by atoms with van der Waals surface area (Å²) in [4.78, 5) is 23.6. The number of benzene rings is 1. The van der Waals surface area contributed by atoms with E-state index in [0.29, 0.717) is 0 Å². The summed E-state index contributed by atoms with van der Waals surface area (Å²) in [7, 11) is 2.40. The van der Waals surface area contributed by atoms with Crippen LogP contribution >= 0.6 is 33.2 Å². The molecule has 0 spiro atoms. The summed E-state index contributed by atoms with van der Waals surface area (Å²) in [5, 5.41) is 0. The van der Waals surface area contributed by atoms with Gasteiger partial charge < -0.3 is 0 Å². The highest BCUT2D eigenvalue weighted by Crippen LogP contribution is 2.44. The van der Waals surface area contributed by atoms with Gasteiger partial charge in [-0.15, -0.1) is 0 Å². The Balaban J connectivity index is 2.72. The first kappa shape index (κ1) is 13.6. The molecular weight excluding hydrogens is 264 g/mol. The highest BCUT2D eigenvalue weighted by molar-refractivity contribution is 8.77. The molecule has 0 atom stereocenters. The van der Waals surface area contributed by atoms with Gasteiger partial charge in [0.2, 0.25) is 4.21 Å². The maximum absolute atomic E-state index is 11.3. The van der Waals surface area contributed by atoms with Gasteiger partial charge in [0.25, 0.3) is 0 Å². The number of hydrogen-bond donors (Lipinski definition) is 0. The van der Waals surface area contributed by atoms with Crippen LogP contribution in [0.2, 0.25) is 0 Å². The molecule has 1 aromatic rings. The van der Waals surface area contributed by atoms with Crippen LogP contribution in [0.25, 0.3) is 0 Å². The number of carbonyl (C=O) groups excluding carboxylic acids is 2. The number of halogens is 1. The van der Waals surface area contributed by atoms with E-state index in [1.54, 1.807) is 0 Å². The lowest BCUT2D eigenvalue weighted by Gasteiger charge is -2.18. The lowest BCUT2D eigenvalue weighted by Crippen LogP contribution is -2.33. The molecule has 1 aromatic carbocycles. The Morgan fingerprint density at radius 2 is 1.62 bits per heavy atom. The number of Topliss-reactive ketones (excluding diaryl/α,β-unsaturated/α-hetero) is 2. The fourth-order valence-electron chi connectivity index (χ4n) is 0.947. The van der Waals surface area contributed by atoms with Crippen molar-refractivity contribution >= 4 is 44.8 Å². The van der Waals surface area contributed by atoms with E-state index in [1.807, 2.05) is 30.3 Å². The predicted molar refractivity (Wildman–Crippen MR) is 69.8 cm³/mol. The second-order valence-electron chi connectivity index (χ2n) is 3.19. The van der Waals surface area contributed by atoms with Crippen molar-refractivity contribution in [3.8, 4) is 0 Å². The minimum Gasteiger partial charge on any atom is -0.297 e. The molecule has 0 bridgehead atoms. The molecule has 0 saturated heterocycles. The zero-order valence-corrected chi connectivity index (χ0v) is 11.3. The van der Waals surface area contributed by atoms with E-state index in [0.717, 1.165) is 15.7 Å². The van der Waals surface area contributed by atoms with E-state index >= 15 is 0 Å². The summed E-state index contributed by atoms with van der Waals surface area (Å²) in [6.07, 6.45) is 0. The first-order valence-electron chi connectivity index (χ1n) is 4.58. The van der Waals surface area contributed by atoms with Gasteiger partial charge in [0.1, 0.15) is 0 Å². The lowest BCUT2D eigenvalue weighted by molar-refractivity contribution is -0.125. The highest BCUT2D eigenvalue weighted by Gasteiger charge is 2.39. The third-order valence-electron chi connectivity index (χ3n) is 1.90. The van der Waals surface area contributed by atoms with Gasteiger partial charge in [-0.05, 0) is 36.8 Å². The van der Waals surface area contributed by atoms with Gasteiger partial charge in [-0.25, -0.2) is 0 Å². The summed E-state index contributed by atoms with van der Waals surface area (Å²) in [5.41, 5.74) is 0. The van der Waals surface area contributed by atoms with Crippen LogP contribution in [-0.2, 0) is 9.59 Å². The molecule has 0 heterocycles. The van der Waals surface area contributed by atoms with Crippen LogP contribution in [0, 0.1) is 0 Å². The quantitative estimate of drug-likeness (QED) is 0.467. The Bertz CT molecular complexity index is 378. The van der Waals surface area contributed by atoms with E-state index < -0.39 is 4.21 Å². The molecule has 0 N–H and O–H groups in total. The van der Waals surface area contributed by atoms with Crippen LogP contribution in [0.3, 0.4) is 0 Å². The number of alkyl halides is 1. The van der Waals surface area contributed by atoms with Gasteiger partial charge in [0.05, 0.1) is 0 Å². The standard InChI is InChI=1S/C11H11ClO2S2/c1-8(13)11(12,9(2)14)16-15-10-6-4-3-5-7-10/h3-7H,1-2H3. The molecule has 0 fully saturated rings. The third-order valence-corrected chi connectivity index (χ3v) is 5.87. The highest BCUT2D eigenvalue weighted by atomic mass is 35.5. The zero-order chi connectivity index (χ0) is 12.2. The summed E-state index contributed by atoms with van der Waals surface area (Å²) in [5.74, 6) is -0.676. The Hall–Kier alpha value is -0.450. The summed E-state index contributed by atoms with van der Waals surface area (Å²) >= 11 is 6.00. The molecule has 16 heavy (non-hydrogen) atoms. The van der Waals surface area contributed by atoms with Crippen LogP contribution in [0.5, 0.6) is 0 Å². The molecule has 0 aliphatic rings. The van der Waals surface area contributed by atoms with Crippen molar-refractivity contribution in [1.29, 1.82) is 0 Å². The summed E-state index contributed by atoms with van der Waals surface area (Å²) in [6, 6.07) is 9.48. The molecule has 0 aliphatic carbocycles. The second-order valence-corrected chi connectivity index (χ2v) is 6.40. The molecular formula is C11H11ClO2S2. The van der Waals surface area contributed by atoms with Gasteiger partial charge in [0.15, 0.2) is 11.6 Å². The van der Waals surface area contributed by atoms with Crippen molar-refractivity contribution in [3.05, 3.63) is 30.3 Å². The molecule has 2 nitrogen and oxygen atoms in total. The molecule has 0 radical (unpaired) electrons. The van der Waals surface area contributed by atoms with Crippen LogP contribution < -0.4 is 0 Å². The fourth-order valence-corrected chi connectivity index (χ4v) is 3.61. The van der Waals surface area contributed by atoms with E-state index in [2.05, 4.69) is 0 Å². The van der Waals surface area contributed by atoms with Crippen LogP contribution in [0.1, 0.15) is 13.8 Å². The zero-order valence-electron chi connectivity index (χ0n) is 8.90. The molecule has 0 aliphatic heterocycles. The van der Waals surface area contributed by atoms with Crippen molar-refractivity contribution < 1.29 is 9.59 Å². The predicted octanol–water partition coefficient (Wildman–Crippen LogP) is 3.54. The van der Waals surface area contributed by atoms with E-state index in [9.17, 15) is 9.59 Å². The molecule has 1 rings (SSSR count). The first-order chi connectivity index (χ1) is 7.47. The van der Waals surface area contributed by atoms with Crippen molar-refractivity contribution in [2.45, 2.75) is 22.9 Å². The van der Waals surface area contributed by atoms with Gasteiger partial charge in [-0.3, -0.25) is 9.59 Å². The molecule has 0 unspecified atom stereocenters. The van der Waals surface area contributed by atoms with Gasteiger partial charge >= 0.3 is 0 Å². The number of carbonyl (C=O) groups is 2. The molecule has 0 amide bonds. The smallest absolute Gasteiger partial charge is 0.215 e. The van der Waals surface area contributed by atoms with Crippen LogP contribution in [0.4, 0.5) is 0 Å². The van der Waals surface area contributed by atoms with Crippen molar-refractivity contribution in [1.82, 2.24) is 0 Å². The monoisotopic (exact) mass is 274 g/mol. The third kappa shape index (κ3) is 3.27. The largest absolute Gasteiger partial charge is 0.297 e. The van der Waals surface area contributed by atoms with Crippen molar-refractivity contribution in [2.75, 3.05) is 0 Å². The van der Waals surface area contributed by atoms with Crippen LogP contribution in [0.15, 0.2) is 35.2 Å². The van der Waals surface area contributed by atoms with Crippen LogP contribution in [-0.4, -0.2) is 15.8 Å². The van der Waals surface area contributed by atoms with Gasteiger partial charge in [-0.2, -0.15) is 0 Å². The topological polar surface area (TPSA) is 34.1 Å². The molecule has 5 heteroatoms. The number of ketones is 2. The average molecular weight is 275 g/mol. The van der Waals surface area contributed by atoms with Gasteiger partial charge in [0, 0.05) is 4.90 Å².